The lowest BCUT2D eigenvalue weighted by atomic mass is 9.94. The maximum Gasteiger partial charge on any atom is 0.242 e. The lowest BCUT2D eigenvalue weighted by molar-refractivity contribution is -0.139. The second-order valence-corrected chi connectivity index (χ2v) is 6.77. The van der Waals surface area contributed by atoms with E-state index in [0.29, 0.717) is 0 Å². The van der Waals surface area contributed by atoms with E-state index in [4.69, 9.17) is 10.5 Å². The van der Waals surface area contributed by atoms with Crippen molar-refractivity contribution in [2.45, 2.75) is 57.6 Å². The average molecular weight is 355 g/mol. The van der Waals surface area contributed by atoms with Crippen LogP contribution in [0.2, 0.25) is 0 Å². The minimum Gasteiger partial charge on any atom is -0.378 e. The van der Waals surface area contributed by atoms with Gasteiger partial charge in [-0.2, -0.15) is 0 Å². The summed E-state index contributed by atoms with van der Waals surface area (Å²) in [6.07, 6.45) is 4.68. The van der Waals surface area contributed by atoms with E-state index >= 15 is 0 Å². The zero-order valence-corrected chi connectivity index (χ0v) is 15.7. The highest BCUT2D eigenvalue weighted by atomic mass is 35.5. The number of hydrogen-bond acceptors (Lipinski definition) is 3. The Hall–Kier alpha value is -1.10. The van der Waals surface area contributed by atoms with Crippen LogP contribution in [0.3, 0.4) is 0 Å². The summed E-state index contributed by atoms with van der Waals surface area (Å²) in [6.45, 7) is 6.16. The quantitative estimate of drug-likeness (QED) is 0.818. The van der Waals surface area contributed by atoms with Gasteiger partial charge < -0.3 is 15.4 Å². The highest BCUT2D eigenvalue weighted by Crippen LogP contribution is 2.19. The van der Waals surface area contributed by atoms with Crippen LogP contribution in [0.25, 0.3) is 0 Å². The van der Waals surface area contributed by atoms with E-state index in [9.17, 15) is 4.79 Å². The van der Waals surface area contributed by atoms with Crippen molar-refractivity contribution in [2.75, 3.05) is 19.7 Å². The summed E-state index contributed by atoms with van der Waals surface area (Å²) >= 11 is 0. The minimum atomic E-state index is -0.726. The van der Waals surface area contributed by atoms with Crippen molar-refractivity contribution in [1.82, 2.24) is 4.90 Å². The van der Waals surface area contributed by atoms with Crippen LogP contribution >= 0.6 is 12.4 Å². The summed E-state index contributed by atoms with van der Waals surface area (Å²) in [5.41, 5.74) is 6.74. The molecule has 0 bridgehead atoms. The molecule has 5 heteroatoms. The SMILES string of the molecule is CCCC(C)(N)C(=O)N1CCC(OCCc2ccccc2)CC1.Cl. The van der Waals surface area contributed by atoms with Gasteiger partial charge in [0.05, 0.1) is 18.2 Å². The summed E-state index contributed by atoms with van der Waals surface area (Å²) < 4.78 is 5.98. The molecule has 0 saturated carbocycles. The molecule has 0 aromatic heterocycles. The van der Waals surface area contributed by atoms with Gasteiger partial charge >= 0.3 is 0 Å². The fraction of sp³-hybridized carbons (Fsp3) is 0.632. The number of halogens is 1. The van der Waals surface area contributed by atoms with Crippen LogP contribution in [-0.2, 0) is 16.0 Å². The molecule has 1 aromatic carbocycles. The van der Waals surface area contributed by atoms with Crippen LogP contribution < -0.4 is 5.73 Å². The third-order valence-electron chi connectivity index (χ3n) is 4.57. The summed E-state index contributed by atoms with van der Waals surface area (Å²) in [6, 6.07) is 10.4. The Bertz CT molecular complexity index is 485. The smallest absolute Gasteiger partial charge is 0.242 e. The van der Waals surface area contributed by atoms with Gasteiger partial charge in [-0.25, -0.2) is 0 Å². The van der Waals surface area contributed by atoms with Crippen LogP contribution in [0, 0.1) is 0 Å². The van der Waals surface area contributed by atoms with Gasteiger partial charge in [-0.1, -0.05) is 43.7 Å². The topological polar surface area (TPSA) is 55.6 Å². The molecule has 1 aromatic rings. The summed E-state index contributed by atoms with van der Waals surface area (Å²) in [4.78, 5) is 14.4. The van der Waals surface area contributed by atoms with E-state index < -0.39 is 5.54 Å². The molecular weight excluding hydrogens is 324 g/mol. The van der Waals surface area contributed by atoms with Crippen LogP contribution in [0.4, 0.5) is 0 Å². The molecule has 1 fully saturated rings. The molecule has 0 spiro atoms. The summed E-state index contributed by atoms with van der Waals surface area (Å²) in [7, 11) is 0. The van der Waals surface area contributed by atoms with E-state index in [-0.39, 0.29) is 24.4 Å². The number of ether oxygens (including phenoxy) is 1. The second kappa shape index (κ2) is 10.0. The molecule has 2 rings (SSSR count). The monoisotopic (exact) mass is 354 g/mol. The second-order valence-electron chi connectivity index (χ2n) is 6.77. The first-order chi connectivity index (χ1) is 11.0. The van der Waals surface area contributed by atoms with E-state index in [1.54, 1.807) is 0 Å². The Labute approximate surface area is 152 Å². The molecule has 1 atom stereocenters. The van der Waals surface area contributed by atoms with Crippen LogP contribution in [0.5, 0.6) is 0 Å². The maximum atomic E-state index is 12.5. The zero-order chi connectivity index (χ0) is 16.7. The Morgan fingerprint density at radius 2 is 1.92 bits per heavy atom. The highest BCUT2D eigenvalue weighted by molar-refractivity contribution is 5.86. The fourth-order valence-corrected chi connectivity index (χ4v) is 3.20. The summed E-state index contributed by atoms with van der Waals surface area (Å²) in [5, 5.41) is 0. The number of likely N-dealkylation sites (tertiary alicyclic amines) is 1. The number of amides is 1. The molecule has 1 heterocycles. The lowest BCUT2D eigenvalue weighted by Crippen LogP contribution is -2.55. The number of carbonyl (C=O) groups is 1. The number of carbonyl (C=O) groups excluding carboxylic acids is 1. The zero-order valence-electron chi connectivity index (χ0n) is 14.9. The van der Waals surface area contributed by atoms with Crippen LogP contribution in [0.15, 0.2) is 30.3 Å². The minimum absolute atomic E-state index is 0. The average Bonchev–Trinajstić information content (AvgIpc) is 2.56. The molecule has 1 unspecified atom stereocenters. The molecule has 1 aliphatic heterocycles. The molecule has 24 heavy (non-hydrogen) atoms. The van der Waals surface area contributed by atoms with E-state index in [0.717, 1.165) is 51.8 Å². The van der Waals surface area contributed by atoms with Crippen molar-refractivity contribution in [2.24, 2.45) is 5.73 Å². The van der Waals surface area contributed by atoms with E-state index in [1.165, 1.54) is 5.56 Å². The largest absolute Gasteiger partial charge is 0.378 e. The first kappa shape index (κ1) is 20.9. The van der Waals surface area contributed by atoms with Gasteiger partial charge in [0, 0.05) is 13.1 Å². The number of hydrogen-bond donors (Lipinski definition) is 1. The summed E-state index contributed by atoms with van der Waals surface area (Å²) in [5.74, 6) is 0.0853. The third kappa shape index (κ3) is 6.08. The number of nitrogens with two attached hydrogens (primary N) is 1. The van der Waals surface area contributed by atoms with Gasteiger partial charge in [0.15, 0.2) is 0 Å². The van der Waals surface area contributed by atoms with E-state index in [1.807, 2.05) is 17.9 Å². The van der Waals surface area contributed by atoms with Crippen molar-refractivity contribution >= 4 is 18.3 Å². The predicted molar refractivity (Wildman–Crippen MR) is 100 cm³/mol. The first-order valence-corrected chi connectivity index (χ1v) is 8.76. The number of piperidine rings is 1. The van der Waals surface area contributed by atoms with Gasteiger partial charge in [-0.05, 0) is 38.2 Å². The lowest BCUT2D eigenvalue weighted by Gasteiger charge is -2.36. The Morgan fingerprint density at radius 3 is 2.50 bits per heavy atom. The fourth-order valence-electron chi connectivity index (χ4n) is 3.20. The standard InChI is InChI=1S/C19H30N2O2.ClH/c1-3-12-19(2,20)18(22)21-13-9-17(10-14-21)23-15-11-16-7-5-4-6-8-16;/h4-8,17H,3,9-15,20H2,1-2H3;1H. The predicted octanol–water partition coefficient (Wildman–Crippen LogP) is 3.18. The van der Waals surface area contributed by atoms with Gasteiger partial charge in [-0.3, -0.25) is 4.79 Å². The van der Waals surface area contributed by atoms with Crippen LogP contribution in [-0.4, -0.2) is 42.1 Å². The van der Waals surface area contributed by atoms with Crippen molar-refractivity contribution < 1.29 is 9.53 Å². The molecule has 1 saturated heterocycles. The molecule has 0 radical (unpaired) electrons. The molecule has 1 aliphatic rings. The normalized spacial score (nSPS) is 17.9. The van der Waals surface area contributed by atoms with Crippen molar-refractivity contribution in [1.29, 1.82) is 0 Å². The van der Waals surface area contributed by atoms with Crippen molar-refractivity contribution in [3.63, 3.8) is 0 Å². The first-order valence-electron chi connectivity index (χ1n) is 8.76. The van der Waals surface area contributed by atoms with Crippen LogP contribution in [0.1, 0.15) is 45.1 Å². The Kier molecular flexibility index (Phi) is 8.74. The molecular formula is C19H31ClN2O2. The van der Waals surface area contributed by atoms with Crippen molar-refractivity contribution in [3.8, 4) is 0 Å². The third-order valence-corrected chi connectivity index (χ3v) is 4.57. The Morgan fingerprint density at radius 1 is 1.29 bits per heavy atom. The molecule has 2 N–H and O–H groups in total. The number of nitrogens with zero attached hydrogens (tertiary/aromatic N) is 1. The van der Waals surface area contributed by atoms with Gasteiger partial charge in [0.25, 0.3) is 0 Å². The van der Waals surface area contributed by atoms with Gasteiger partial charge in [-0.15, -0.1) is 12.4 Å². The molecule has 136 valence electrons. The molecule has 0 aliphatic carbocycles. The van der Waals surface area contributed by atoms with Crippen molar-refractivity contribution in [3.05, 3.63) is 35.9 Å². The number of benzene rings is 1. The van der Waals surface area contributed by atoms with Gasteiger partial charge in [0.2, 0.25) is 5.91 Å². The van der Waals surface area contributed by atoms with E-state index in [2.05, 4.69) is 31.2 Å². The number of rotatable bonds is 7. The molecule has 4 nitrogen and oxygen atoms in total. The maximum absolute atomic E-state index is 12.5. The molecule has 1 amide bonds. The Balaban J connectivity index is 0.00000288. The van der Waals surface area contributed by atoms with Gasteiger partial charge in [0.1, 0.15) is 0 Å². The highest BCUT2D eigenvalue weighted by Gasteiger charge is 2.33.